The SMILES string of the molecule is COCCN1CCC[C@H]1C(=O)Nc1ccccc1. The molecule has 0 aliphatic carbocycles. The first kappa shape index (κ1) is 13.1. The van der Waals surface area contributed by atoms with Crippen LogP contribution in [0.15, 0.2) is 30.3 Å². The van der Waals surface area contributed by atoms with Gasteiger partial charge in [-0.05, 0) is 31.5 Å². The molecule has 1 aromatic rings. The van der Waals surface area contributed by atoms with Crippen molar-refractivity contribution in [2.24, 2.45) is 0 Å². The minimum atomic E-state index is -0.0136. The van der Waals surface area contributed by atoms with Gasteiger partial charge in [0.05, 0.1) is 12.6 Å². The summed E-state index contributed by atoms with van der Waals surface area (Å²) in [6, 6.07) is 9.59. The average molecular weight is 248 g/mol. The van der Waals surface area contributed by atoms with Crippen LogP contribution in [0.2, 0.25) is 0 Å². The largest absolute Gasteiger partial charge is 0.383 e. The zero-order valence-electron chi connectivity index (χ0n) is 10.8. The number of nitrogens with one attached hydrogen (secondary N) is 1. The zero-order chi connectivity index (χ0) is 12.8. The first-order valence-corrected chi connectivity index (χ1v) is 6.40. The Kier molecular flexibility index (Phi) is 4.73. The lowest BCUT2D eigenvalue weighted by Gasteiger charge is -2.23. The van der Waals surface area contributed by atoms with E-state index in [9.17, 15) is 4.79 Å². The molecule has 1 N–H and O–H groups in total. The van der Waals surface area contributed by atoms with Crippen molar-refractivity contribution in [2.45, 2.75) is 18.9 Å². The molecule has 0 aromatic heterocycles. The van der Waals surface area contributed by atoms with Crippen LogP contribution >= 0.6 is 0 Å². The van der Waals surface area contributed by atoms with Crippen molar-refractivity contribution in [1.82, 2.24) is 4.90 Å². The Balaban J connectivity index is 1.91. The highest BCUT2D eigenvalue weighted by atomic mass is 16.5. The summed E-state index contributed by atoms with van der Waals surface area (Å²) in [7, 11) is 1.69. The molecule has 1 aliphatic heterocycles. The van der Waals surface area contributed by atoms with Crippen molar-refractivity contribution in [2.75, 3.05) is 32.1 Å². The van der Waals surface area contributed by atoms with E-state index in [4.69, 9.17) is 4.74 Å². The maximum absolute atomic E-state index is 12.2. The Labute approximate surface area is 108 Å². The third-order valence-corrected chi connectivity index (χ3v) is 3.29. The molecular weight excluding hydrogens is 228 g/mol. The summed E-state index contributed by atoms with van der Waals surface area (Å²) < 4.78 is 5.08. The average Bonchev–Trinajstić information content (AvgIpc) is 2.86. The van der Waals surface area contributed by atoms with E-state index in [0.717, 1.165) is 31.6 Å². The van der Waals surface area contributed by atoms with E-state index in [2.05, 4.69) is 10.2 Å². The van der Waals surface area contributed by atoms with Gasteiger partial charge in [-0.3, -0.25) is 9.69 Å². The second-order valence-electron chi connectivity index (χ2n) is 4.54. The van der Waals surface area contributed by atoms with Crippen LogP contribution in [0.4, 0.5) is 5.69 Å². The second kappa shape index (κ2) is 6.52. The smallest absolute Gasteiger partial charge is 0.241 e. The monoisotopic (exact) mass is 248 g/mol. The number of carbonyl (C=O) groups is 1. The number of hydrogen-bond donors (Lipinski definition) is 1. The molecule has 0 unspecified atom stereocenters. The van der Waals surface area contributed by atoms with Gasteiger partial charge < -0.3 is 10.1 Å². The van der Waals surface area contributed by atoms with Crippen LogP contribution in [0.5, 0.6) is 0 Å². The number of anilines is 1. The van der Waals surface area contributed by atoms with Crippen LogP contribution in [0.3, 0.4) is 0 Å². The van der Waals surface area contributed by atoms with Gasteiger partial charge in [0.1, 0.15) is 0 Å². The molecule has 4 nitrogen and oxygen atoms in total. The van der Waals surface area contributed by atoms with Crippen molar-refractivity contribution >= 4 is 11.6 Å². The summed E-state index contributed by atoms with van der Waals surface area (Å²) in [4.78, 5) is 14.4. The van der Waals surface area contributed by atoms with Gasteiger partial charge in [-0.15, -0.1) is 0 Å². The van der Waals surface area contributed by atoms with Gasteiger partial charge in [0.2, 0.25) is 5.91 Å². The Hall–Kier alpha value is -1.39. The molecule has 1 amide bonds. The molecule has 0 bridgehead atoms. The van der Waals surface area contributed by atoms with Gasteiger partial charge in [-0.1, -0.05) is 18.2 Å². The molecule has 1 saturated heterocycles. The standard InChI is InChI=1S/C14H20N2O2/c1-18-11-10-16-9-5-8-13(16)14(17)15-12-6-3-2-4-7-12/h2-4,6-7,13H,5,8-11H2,1H3,(H,15,17)/t13-/m0/s1. The molecule has 1 fully saturated rings. The number of para-hydroxylation sites is 1. The fourth-order valence-electron chi connectivity index (χ4n) is 2.35. The summed E-state index contributed by atoms with van der Waals surface area (Å²) in [6.07, 6.45) is 2.01. The van der Waals surface area contributed by atoms with Crippen molar-refractivity contribution in [3.05, 3.63) is 30.3 Å². The first-order chi connectivity index (χ1) is 8.81. The topological polar surface area (TPSA) is 41.6 Å². The van der Waals surface area contributed by atoms with E-state index >= 15 is 0 Å². The summed E-state index contributed by atoms with van der Waals surface area (Å²) in [5.74, 6) is 0.0924. The van der Waals surface area contributed by atoms with Crippen LogP contribution in [0.1, 0.15) is 12.8 Å². The van der Waals surface area contributed by atoms with Crippen LogP contribution < -0.4 is 5.32 Å². The fraction of sp³-hybridized carbons (Fsp3) is 0.500. The minimum absolute atomic E-state index is 0.0136. The lowest BCUT2D eigenvalue weighted by molar-refractivity contribution is -0.120. The van der Waals surface area contributed by atoms with Crippen molar-refractivity contribution in [3.8, 4) is 0 Å². The predicted molar refractivity (Wildman–Crippen MR) is 71.5 cm³/mol. The third-order valence-electron chi connectivity index (χ3n) is 3.29. The summed E-state index contributed by atoms with van der Waals surface area (Å²) in [5, 5.41) is 2.97. The number of ether oxygens (including phenoxy) is 1. The second-order valence-corrected chi connectivity index (χ2v) is 4.54. The van der Waals surface area contributed by atoms with Gasteiger partial charge in [-0.25, -0.2) is 0 Å². The Bertz CT molecular complexity index is 381. The lowest BCUT2D eigenvalue weighted by Crippen LogP contribution is -2.41. The third kappa shape index (κ3) is 3.31. The number of carbonyl (C=O) groups excluding carboxylic acids is 1. The Morgan fingerprint density at radius 3 is 2.94 bits per heavy atom. The maximum atomic E-state index is 12.2. The maximum Gasteiger partial charge on any atom is 0.241 e. The number of benzene rings is 1. The fourth-order valence-corrected chi connectivity index (χ4v) is 2.35. The van der Waals surface area contributed by atoms with Crippen LogP contribution in [-0.4, -0.2) is 43.7 Å². The highest BCUT2D eigenvalue weighted by molar-refractivity contribution is 5.94. The van der Waals surface area contributed by atoms with E-state index in [1.165, 1.54) is 0 Å². The molecular formula is C14H20N2O2. The predicted octanol–water partition coefficient (Wildman–Crippen LogP) is 1.74. The molecule has 1 heterocycles. The highest BCUT2D eigenvalue weighted by Crippen LogP contribution is 2.18. The zero-order valence-corrected chi connectivity index (χ0v) is 10.8. The molecule has 4 heteroatoms. The molecule has 0 saturated carbocycles. The highest BCUT2D eigenvalue weighted by Gasteiger charge is 2.30. The lowest BCUT2D eigenvalue weighted by atomic mass is 10.2. The number of nitrogens with zero attached hydrogens (tertiary/aromatic N) is 1. The Morgan fingerprint density at radius 2 is 2.22 bits per heavy atom. The van der Waals surface area contributed by atoms with E-state index in [-0.39, 0.29) is 11.9 Å². The molecule has 0 spiro atoms. The molecule has 2 rings (SSSR count). The Morgan fingerprint density at radius 1 is 1.44 bits per heavy atom. The number of methoxy groups -OCH3 is 1. The summed E-state index contributed by atoms with van der Waals surface area (Å²) in [5.41, 5.74) is 0.862. The van der Waals surface area contributed by atoms with Crippen LogP contribution in [0, 0.1) is 0 Å². The number of hydrogen-bond acceptors (Lipinski definition) is 3. The van der Waals surface area contributed by atoms with Gasteiger partial charge in [-0.2, -0.15) is 0 Å². The van der Waals surface area contributed by atoms with Gasteiger partial charge >= 0.3 is 0 Å². The van der Waals surface area contributed by atoms with Crippen molar-refractivity contribution in [3.63, 3.8) is 0 Å². The van der Waals surface area contributed by atoms with Gasteiger partial charge in [0.25, 0.3) is 0 Å². The summed E-state index contributed by atoms with van der Waals surface area (Å²) in [6.45, 7) is 2.48. The molecule has 1 atom stereocenters. The molecule has 0 radical (unpaired) electrons. The number of likely N-dealkylation sites (tertiary alicyclic amines) is 1. The van der Waals surface area contributed by atoms with Crippen molar-refractivity contribution < 1.29 is 9.53 Å². The van der Waals surface area contributed by atoms with E-state index in [1.807, 2.05) is 30.3 Å². The number of rotatable bonds is 5. The summed E-state index contributed by atoms with van der Waals surface area (Å²) >= 11 is 0. The molecule has 1 aromatic carbocycles. The first-order valence-electron chi connectivity index (χ1n) is 6.40. The number of amides is 1. The van der Waals surface area contributed by atoms with Gasteiger partial charge in [0, 0.05) is 19.3 Å². The van der Waals surface area contributed by atoms with Crippen molar-refractivity contribution in [1.29, 1.82) is 0 Å². The minimum Gasteiger partial charge on any atom is -0.383 e. The quantitative estimate of drug-likeness (QED) is 0.863. The molecule has 1 aliphatic rings. The van der Waals surface area contributed by atoms with E-state index in [1.54, 1.807) is 7.11 Å². The normalized spacial score (nSPS) is 19.9. The van der Waals surface area contributed by atoms with E-state index in [0.29, 0.717) is 6.61 Å². The molecule has 18 heavy (non-hydrogen) atoms. The molecule has 98 valence electrons. The van der Waals surface area contributed by atoms with Crippen LogP contribution in [0.25, 0.3) is 0 Å². The van der Waals surface area contributed by atoms with E-state index < -0.39 is 0 Å². The van der Waals surface area contributed by atoms with Gasteiger partial charge in [0.15, 0.2) is 0 Å². The van der Waals surface area contributed by atoms with Crippen LogP contribution in [-0.2, 0) is 9.53 Å².